The Morgan fingerprint density at radius 1 is 1.24 bits per heavy atom. The fourth-order valence-corrected chi connectivity index (χ4v) is 3.10. The third-order valence-corrected chi connectivity index (χ3v) is 4.40. The monoisotopic (exact) mass is 350 g/mol. The van der Waals surface area contributed by atoms with Gasteiger partial charge >= 0.3 is 0 Å². The molecule has 3 aromatic rings. The molecule has 0 saturated heterocycles. The van der Waals surface area contributed by atoms with E-state index < -0.39 is 0 Å². The van der Waals surface area contributed by atoms with E-state index >= 15 is 0 Å². The third-order valence-electron chi connectivity index (χ3n) is 3.52. The van der Waals surface area contributed by atoms with Crippen LogP contribution in [0.15, 0.2) is 53.9 Å². The lowest BCUT2D eigenvalue weighted by molar-refractivity contribution is 0.340. The Morgan fingerprint density at radius 3 is 2.68 bits per heavy atom. The standard InChI is InChI=1S/C20H15FN2OS/c1-2-24-17-9-7-14(8-10-17)19-13-25-20(23-19)16(12-22)11-15-5-3-4-6-18(15)21/h3-11,13H,2H2,1H3/b16-11+. The molecule has 0 amide bonds. The van der Waals surface area contributed by atoms with Crippen LogP contribution in [0.25, 0.3) is 22.9 Å². The zero-order valence-corrected chi connectivity index (χ0v) is 14.4. The van der Waals surface area contributed by atoms with Gasteiger partial charge in [-0.3, -0.25) is 0 Å². The molecule has 0 aliphatic rings. The number of allylic oxidation sites excluding steroid dienone is 1. The molecule has 0 unspecified atom stereocenters. The van der Waals surface area contributed by atoms with Gasteiger partial charge in [0, 0.05) is 16.5 Å². The average molecular weight is 350 g/mol. The van der Waals surface area contributed by atoms with Crippen molar-refractivity contribution in [3.63, 3.8) is 0 Å². The van der Waals surface area contributed by atoms with Crippen LogP contribution in [0.2, 0.25) is 0 Å². The highest BCUT2D eigenvalue weighted by molar-refractivity contribution is 7.11. The van der Waals surface area contributed by atoms with E-state index in [0.717, 1.165) is 17.0 Å². The Bertz CT molecular complexity index is 939. The molecule has 0 aliphatic heterocycles. The van der Waals surface area contributed by atoms with Crippen LogP contribution in [0.3, 0.4) is 0 Å². The first-order chi connectivity index (χ1) is 12.2. The Kier molecular flexibility index (Phi) is 5.22. The summed E-state index contributed by atoms with van der Waals surface area (Å²) in [7, 11) is 0. The molecular weight excluding hydrogens is 335 g/mol. The lowest BCUT2D eigenvalue weighted by Gasteiger charge is -2.03. The molecule has 0 fully saturated rings. The van der Waals surface area contributed by atoms with Gasteiger partial charge in [-0.05, 0) is 43.3 Å². The number of hydrogen-bond donors (Lipinski definition) is 0. The van der Waals surface area contributed by atoms with Crippen molar-refractivity contribution in [2.75, 3.05) is 6.61 Å². The minimum atomic E-state index is -0.362. The molecule has 2 aromatic carbocycles. The fourth-order valence-electron chi connectivity index (χ4n) is 2.31. The van der Waals surface area contributed by atoms with Crippen molar-refractivity contribution in [3.05, 3.63) is 70.3 Å². The highest BCUT2D eigenvalue weighted by Crippen LogP contribution is 2.28. The second-order valence-electron chi connectivity index (χ2n) is 5.19. The number of nitrogens with zero attached hydrogens (tertiary/aromatic N) is 2. The summed E-state index contributed by atoms with van der Waals surface area (Å²) in [4.78, 5) is 4.52. The van der Waals surface area contributed by atoms with E-state index in [1.165, 1.54) is 23.5 Å². The predicted molar refractivity (Wildman–Crippen MR) is 98.6 cm³/mol. The van der Waals surface area contributed by atoms with Crippen molar-refractivity contribution in [2.24, 2.45) is 0 Å². The Labute approximate surface area is 149 Å². The maximum Gasteiger partial charge on any atom is 0.134 e. The van der Waals surface area contributed by atoms with Gasteiger partial charge in [0.25, 0.3) is 0 Å². The summed E-state index contributed by atoms with van der Waals surface area (Å²) >= 11 is 1.36. The maximum absolute atomic E-state index is 13.8. The minimum absolute atomic E-state index is 0.340. The first-order valence-electron chi connectivity index (χ1n) is 7.76. The van der Waals surface area contributed by atoms with Crippen molar-refractivity contribution in [1.82, 2.24) is 4.98 Å². The number of benzene rings is 2. The van der Waals surface area contributed by atoms with Gasteiger partial charge in [-0.25, -0.2) is 9.37 Å². The molecular formula is C20H15FN2OS. The van der Waals surface area contributed by atoms with Gasteiger partial charge in [-0.1, -0.05) is 18.2 Å². The van der Waals surface area contributed by atoms with E-state index in [-0.39, 0.29) is 5.82 Å². The Morgan fingerprint density at radius 2 is 2.00 bits per heavy atom. The number of hydrogen-bond acceptors (Lipinski definition) is 4. The summed E-state index contributed by atoms with van der Waals surface area (Å²) in [5.74, 6) is 0.442. The second-order valence-corrected chi connectivity index (χ2v) is 6.04. The van der Waals surface area contributed by atoms with Gasteiger partial charge in [0.1, 0.15) is 22.6 Å². The van der Waals surface area contributed by atoms with E-state index in [2.05, 4.69) is 11.1 Å². The highest BCUT2D eigenvalue weighted by Gasteiger charge is 2.10. The zero-order chi connectivity index (χ0) is 17.6. The van der Waals surface area contributed by atoms with Gasteiger partial charge in [-0.15, -0.1) is 11.3 Å². The molecule has 124 valence electrons. The van der Waals surface area contributed by atoms with E-state index in [9.17, 15) is 9.65 Å². The quantitative estimate of drug-likeness (QED) is 0.578. The molecule has 1 aromatic heterocycles. The maximum atomic E-state index is 13.8. The summed E-state index contributed by atoms with van der Waals surface area (Å²) < 4.78 is 19.2. The minimum Gasteiger partial charge on any atom is -0.494 e. The topological polar surface area (TPSA) is 45.9 Å². The molecule has 3 nitrogen and oxygen atoms in total. The molecule has 0 atom stereocenters. The van der Waals surface area contributed by atoms with Crippen LogP contribution in [-0.2, 0) is 0 Å². The van der Waals surface area contributed by atoms with Gasteiger partial charge < -0.3 is 4.74 Å². The SMILES string of the molecule is CCOc1ccc(-c2csc(/C(C#N)=C/c3ccccc3F)n2)cc1. The summed E-state index contributed by atoms with van der Waals surface area (Å²) in [5, 5.41) is 11.9. The second kappa shape index (κ2) is 7.73. The molecule has 0 saturated carbocycles. The van der Waals surface area contributed by atoms with E-state index in [1.807, 2.05) is 36.6 Å². The van der Waals surface area contributed by atoms with Crippen molar-refractivity contribution in [3.8, 4) is 23.1 Å². The fraction of sp³-hybridized carbons (Fsp3) is 0.100. The van der Waals surface area contributed by atoms with Crippen LogP contribution in [-0.4, -0.2) is 11.6 Å². The van der Waals surface area contributed by atoms with Crippen molar-refractivity contribution in [1.29, 1.82) is 5.26 Å². The van der Waals surface area contributed by atoms with Crippen molar-refractivity contribution in [2.45, 2.75) is 6.92 Å². The molecule has 0 radical (unpaired) electrons. The molecule has 1 heterocycles. The molecule has 0 N–H and O–H groups in total. The van der Waals surface area contributed by atoms with Crippen LogP contribution >= 0.6 is 11.3 Å². The number of rotatable bonds is 5. The van der Waals surface area contributed by atoms with Gasteiger partial charge in [0.15, 0.2) is 0 Å². The predicted octanol–water partition coefficient (Wildman–Crippen LogP) is 5.41. The number of ether oxygens (including phenoxy) is 1. The molecule has 25 heavy (non-hydrogen) atoms. The molecule has 0 bridgehead atoms. The molecule has 5 heteroatoms. The smallest absolute Gasteiger partial charge is 0.134 e. The first kappa shape index (κ1) is 16.9. The summed E-state index contributed by atoms with van der Waals surface area (Å²) in [6.45, 7) is 2.55. The molecule has 0 spiro atoms. The largest absolute Gasteiger partial charge is 0.494 e. The van der Waals surface area contributed by atoms with Crippen molar-refractivity contribution >= 4 is 23.0 Å². The molecule has 3 rings (SSSR count). The highest BCUT2D eigenvalue weighted by atomic mass is 32.1. The Balaban J connectivity index is 1.89. The number of halogens is 1. The lowest BCUT2D eigenvalue weighted by Crippen LogP contribution is -1.90. The van der Waals surface area contributed by atoms with Crippen LogP contribution in [0, 0.1) is 17.1 Å². The summed E-state index contributed by atoms with van der Waals surface area (Å²) in [5.41, 5.74) is 2.43. The lowest BCUT2D eigenvalue weighted by atomic mass is 10.1. The van der Waals surface area contributed by atoms with Gasteiger partial charge in [-0.2, -0.15) is 5.26 Å². The van der Waals surface area contributed by atoms with Gasteiger partial charge in [0.2, 0.25) is 0 Å². The van der Waals surface area contributed by atoms with Crippen LogP contribution in [0.5, 0.6) is 5.75 Å². The Hall–Kier alpha value is -2.97. The number of nitriles is 1. The summed E-state index contributed by atoms with van der Waals surface area (Å²) in [6.07, 6.45) is 1.52. The van der Waals surface area contributed by atoms with Crippen LogP contribution < -0.4 is 4.74 Å². The van der Waals surface area contributed by atoms with Crippen LogP contribution in [0.4, 0.5) is 4.39 Å². The van der Waals surface area contributed by atoms with Gasteiger partial charge in [0.05, 0.1) is 17.9 Å². The average Bonchev–Trinajstić information content (AvgIpc) is 3.12. The van der Waals surface area contributed by atoms with E-state index in [4.69, 9.17) is 4.74 Å². The van der Waals surface area contributed by atoms with E-state index in [1.54, 1.807) is 18.2 Å². The van der Waals surface area contributed by atoms with E-state index in [0.29, 0.717) is 22.8 Å². The van der Waals surface area contributed by atoms with Crippen LogP contribution in [0.1, 0.15) is 17.5 Å². The van der Waals surface area contributed by atoms with Crippen molar-refractivity contribution < 1.29 is 9.13 Å². The number of aromatic nitrogens is 1. The first-order valence-corrected chi connectivity index (χ1v) is 8.64. The summed E-state index contributed by atoms with van der Waals surface area (Å²) in [6, 6.07) is 16.1. The zero-order valence-electron chi connectivity index (χ0n) is 13.6. The third kappa shape index (κ3) is 3.93. The number of thiazole rings is 1. The normalized spacial score (nSPS) is 11.2. The molecule has 0 aliphatic carbocycles.